The Kier molecular flexibility index (Phi) is 5.28. The minimum Gasteiger partial charge on any atom is -0.361 e. The lowest BCUT2D eigenvalue weighted by molar-refractivity contribution is 0.0673. The van der Waals surface area contributed by atoms with Gasteiger partial charge in [-0.15, -0.1) is 0 Å². The number of benzene rings is 1. The molecule has 1 spiro atoms. The molecule has 1 amide bonds. The Bertz CT molecular complexity index is 859. The Morgan fingerprint density at radius 1 is 1.21 bits per heavy atom. The highest BCUT2D eigenvalue weighted by molar-refractivity contribution is 5.96. The molecule has 2 saturated heterocycles. The molecule has 150 valence electrons. The maximum Gasteiger partial charge on any atom is 0.259 e. The van der Waals surface area contributed by atoms with Crippen molar-refractivity contribution in [1.29, 1.82) is 0 Å². The lowest BCUT2D eigenvalue weighted by Crippen LogP contribution is -2.45. The van der Waals surface area contributed by atoms with Gasteiger partial charge in [0.15, 0.2) is 0 Å². The maximum atomic E-state index is 13.2. The van der Waals surface area contributed by atoms with E-state index in [1.165, 1.54) is 24.0 Å². The van der Waals surface area contributed by atoms with Crippen molar-refractivity contribution in [3.05, 3.63) is 52.4 Å². The van der Waals surface area contributed by atoms with E-state index < -0.39 is 0 Å². The Balaban J connectivity index is 1.44. The molecule has 0 saturated carbocycles. The minimum atomic E-state index is 0.100. The predicted octanol–water partition coefficient (Wildman–Crippen LogP) is 3.98. The molecule has 28 heavy (non-hydrogen) atoms. The lowest BCUT2D eigenvalue weighted by atomic mass is 9.79. The summed E-state index contributed by atoms with van der Waals surface area (Å²) in [5.74, 6) is 0.746. The zero-order valence-electron chi connectivity index (χ0n) is 17.3. The number of carbonyl (C=O) groups is 1. The van der Waals surface area contributed by atoms with Gasteiger partial charge in [0.2, 0.25) is 0 Å². The molecule has 0 unspecified atom stereocenters. The molecule has 5 heteroatoms. The maximum absolute atomic E-state index is 13.2. The zero-order valence-corrected chi connectivity index (χ0v) is 17.3. The van der Waals surface area contributed by atoms with Crippen LogP contribution in [0.5, 0.6) is 0 Å². The van der Waals surface area contributed by atoms with Crippen molar-refractivity contribution >= 4 is 5.91 Å². The molecule has 4 rings (SSSR count). The fourth-order valence-electron chi connectivity index (χ4n) is 5.05. The van der Waals surface area contributed by atoms with Crippen LogP contribution in [0.25, 0.3) is 0 Å². The van der Waals surface area contributed by atoms with Crippen molar-refractivity contribution in [2.45, 2.75) is 53.0 Å². The number of rotatable bonds is 4. The highest BCUT2D eigenvalue weighted by Gasteiger charge is 2.43. The number of carbonyl (C=O) groups excluding carboxylic acids is 1. The van der Waals surface area contributed by atoms with Crippen LogP contribution in [0.4, 0.5) is 0 Å². The summed E-state index contributed by atoms with van der Waals surface area (Å²) in [4.78, 5) is 17.8. The summed E-state index contributed by atoms with van der Waals surface area (Å²) in [5.41, 5.74) is 4.41. The molecule has 2 aliphatic rings. The third-order valence-electron chi connectivity index (χ3n) is 6.44. The van der Waals surface area contributed by atoms with Gasteiger partial charge in [-0.05, 0) is 51.6 Å². The molecule has 0 aliphatic carbocycles. The molecule has 2 aromatic rings. The van der Waals surface area contributed by atoms with Crippen LogP contribution in [0.1, 0.15) is 59.1 Å². The number of hydrogen-bond donors (Lipinski definition) is 0. The third-order valence-corrected chi connectivity index (χ3v) is 6.44. The molecule has 0 radical (unpaired) electrons. The second-order valence-electron chi connectivity index (χ2n) is 8.69. The largest absolute Gasteiger partial charge is 0.361 e. The van der Waals surface area contributed by atoms with Crippen LogP contribution in [0.2, 0.25) is 0 Å². The van der Waals surface area contributed by atoms with Crippen molar-refractivity contribution in [3.63, 3.8) is 0 Å². The van der Waals surface area contributed by atoms with Crippen LogP contribution in [0, 0.1) is 19.3 Å². The Hall–Kier alpha value is -2.14. The number of nitrogens with zero attached hydrogens (tertiary/aromatic N) is 3. The van der Waals surface area contributed by atoms with E-state index in [4.69, 9.17) is 4.52 Å². The molecule has 3 heterocycles. The molecule has 5 nitrogen and oxygen atoms in total. The Morgan fingerprint density at radius 2 is 2.07 bits per heavy atom. The summed E-state index contributed by atoms with van der Waals surface area (Å²) in [7, 11) is 0. The molecular formula is C23H31N3O2. The fourth-order valence-corrected chi connectivity index (χ4v) is 5.05. The van der Waals surface area contributed by atoms with Crippen LogP contribution in [-0.2, 0) is 13.0 Å². The van der Waals surface area contributed by atoms with Crippen molar-refractivity contribution in [3.8, 4) is 0 Å². The van der Waals surface area contributed by atoms with E-state index in [0.29, 0.717) is 11.3 Å². The molecular weight excluding hydrogens is 350 g/mol. The second-order valence-corrected chi connectivity index (χ2v) is 8.69. The third kappa shape index (κ3) is 3.72. The number of likely N-dealkylation sites (tertiary alicyclic amines) is 2. The number of aryl methyl sites for hydroxylation is 3. The highest BCUT2D eigenvalue weighted by Crippen LogP contribution is 2.40. The van der Waals surface area contributed by atoms with E-state index in [1.807, 2.05) is 18.7 Å². The zero-order chi connectivity index (χ0) is 19.7. The molecule has 2 fully saturated rings. The van der Waals surface area contributed by atoms with Gasteiger partial charge in [-0.1, -0.05) is 41.9 Å². The monoisotopic (exact) mass is 381 g/mol. The highest BCUT2D eigenvalue weighted by atomic mass is 16.5. The van der Waals surface area contributed by atoms with Crippen LogP contribution in [-0.4, -0.2) is 47.0 Å². The summed E-state index contributed by atoms with van der Waals surface area (Å²) in [6, 6.07) is 8.80. The lowest BCUT2D eigenvalue weighted by Gasteiger charge is -2.40. The van der Waals surface area contributed by atoms with Crippen molar-refractivity contribution in [2.75, 3.05) is 26.2 Å². The van der Waals surface area contributed by atoms with E-state index in [1.54, 1.807) is 0 Å². The van der Waals surface area contributed by atoms with E-state index in [9.17, 15) is 4.79 Å². The summed E-state index contributed by atoms with van der Waals surface area (Å²) in [5, 5.41) is 4.07. The van der Waals surface area contributed by atoms with Crippen molar-refractivity contribution < 1.29 is 9.32 Å². The fraction of sp³-hybridized carbons (Fsp3) is 0.565. The van der Waals surface area contributed by atoms with Gasteiger partial charge in [0, 0.05) is 31.6 Å². The smallest absolute Gasteiger partial charge is 0.259 e. The van der Waals surface area contributed by atoms with Crippen LogP contribution >= 0.6 is 0 Å². The standard InChI is InChI=1S/C23H31N3O2/c1-4-20-21(18(3)28-24-20)22(27)26-12-10-23(16-26)9-6-11-25(15-23)14-19-8-5-7-17(2)13-19/h5,7-8,13H,4,6,9-12,14-16H2,1-3H3/t23-/m1/s1. The van der Waals surface area contributed by atoms with Gasteiger partial charge in [0.05, 0.1) is 5.69 Å². The average Bonchev–Trinajstić information content (AvgIpc) is 3.25. The first-order chi connectivity index (χ1) is 13.5. The van der Waals surface area contributed by atoms with Crippen molar-refractivity contribution in [1.82, 2.24) is 15.0 Å². The summed E-state index contributed by atoms with van der Waals surface area (Å²) in [6.45, 7) is 10.9. The van der Waals surface area contributed by atoms with Crippen LogP contribution < -0.4 is 0 Å². The van der Waals surface area contributed by atoms with E-state index in [2.05, 4.69) is 41.2 Å². The van der Waals surface area contributed by atoms with E-state index in [-0.39, 0.29) is 11.3 Å². The first-order valence-electron chi connectivity index (χ1n) is 10.5. The molecule has 2 aliphatic heterocycles. The van der Waals surface area contributed by atoms with Gasteiger partial charge in [0.1, 0.15) is 11.3 Å². The molecule has 1 atom stereocenters. The van der Waals surface area contributed by atoms with Crippen LogP contribution in [0.15, 0.2) is 28.8 Å². The topological polar surface area (TPSA) is 49.6 Å². The molecule has 0 N–H and O–H groups in total. The van der Waals surface area contributed by atoms with Gasteiger partial charge < -0.3 is 9.42 Å². The number of hydrogen-bond acceptors (Lipinski definition) is 4. The Morgan fingerprint density at radius 3 is 2.86 bits per heavy atom. The SMILES string of the molecule is CCc1noc(C)c1C(=O)N1CC[C@@]2(CCCN(Cc3cccc(C)c3)C2)C1. The van der Waals surface area contributed by atoms with E-state index >= 15 is 0 Å². The summed E-state index contributed by atoms with van der Waals surface area (Å²) < 4.78 is 5.29. The van der Waals surface area contributed by atoms with Gasteiger partial charge in [0.25, 0.3) is 5.91 Å². The number of aromatic nitrogens is 1. The number of amides is 1. The van der Waals surface area contributed by atoms with Gasteiger partial charge in [-0.25, -0.2) is 0 Å². The summed E-state index contributed by atoms with van der Waals surface area (Å²) in [6.07, 6.45) is 4.24. The first-order valence-corrected chi connectivity index (χ1v) is 10.5. The minimum absolute atomic E-state index is 0.100. The molecule has 0 bridgehead atoms. The quantitative estimate of drug-likeness (QED) is 0.804. The normalized spacial score (nSPS) is 22.9. The molecule has 1 aromatic carbocycles. The number of piperidine rings is 1. The van der Waals surface area contributed by atoms with Crippen molar-refractivity contribution in [2.24, 2.45) is 5.41 Å². The predicted molar refractivity (Wildman–Crippen MR) is 109 cm³/mol. The second kappa shape index (κ2) is 7.70. The Labute approximate surface area is 167 Å². The van der Waals surface area contributed by atoms with Gasteiger partial charge >= 0.3 is 0 Å². The van der Waals surface area contributed by atoms with Gasteiger partial charge in [-0.2, -0.15) is 0 Å². The summed E-state index contributed by atoms with van der Waals surface area (Å²) >= 11 is 0. The van der Waals surface area contributed by atoms with Gasteiger partial charge in [-0.3, -0.25) is 9.69 Å². The molecule has 1 aromatic heterocycles. The van der Waals surface area contributed by atoms with Crippen LogP contribution in [0.3, 0.4) is 0 Å². The van der Waals surface area contributed by atoms with E-state index in [0.717, 1.165) is 51.3 Å². The first kappa shape index (κ1) is 19.2. The average molecular weight is 382 g/mol.